The lowest BCUT2D eigenvalue weighted by molar-refractivity contribution is 0.577. The molecule has 0 nitrogen and oxygen atoms in total. The Balaban J connectivity index is 1.78. The number of benzene rings is 2. The molecule has 0 saturated carbocycles. The van der Waals surface area contributed by atoms with Crippen molar-refractivity contribution in [2.75, 3.05) is 0 Å². The van der Waals surface area contributed by atoms with E-state index >= 15 is 0 Å². The molecule has 0 saturated heterocycles. The van der Waals surface area contributed by atoms with Crippen molar-refractivity contribution in [1.82, 2.24) is 0 Å². The van der Waals surface area contributed by atoms with Gasteiger partial charge in [0.15, 0.2) is 0 Å². The molecule has 26 heavy (non-hydrogen) atoms. The zero-order valence-electron chi connectivity index (χ0n) is 16.0. The maximum atomic E-state index is 2.44. The SMILES string of the molecule is CCCCCCCCCCC=C(Sc1ccccc1)Sc1ccccc1. The molecule has 0 atom stereocenters. The van der Waals surface area contributed by atoms with Crippen molar-refractivity contribution in [2.24, 2.45) is 0 Å². The second-order valence-electron chi connectivity index (χ2n) is 6.62. The highest BCUT2D eigenvalue weighted by molar-refractivity contribution is 8.22. The molecule has 2 rings (SSSR count). The van der Waals surface area contributed by atoms with Gasteiger partial charge in [0, 0.05) is 14.0 Å². The van der Waals surface area contributed by atoms with Gasteiger partial charge in [0.25, 0.3) is 0 Å². The van der Waals surface area contributed by atoms with Crippen molar-refractivity contribution >= 4 is 23.5 Å². The van der Waals surface area contributed by atoms with Gasteiger partial charge in [0.1, 0.15) is 0 Å². The number of hydrogen-bond acceptors (Lipinski definition) is 2. The van der Waals surface area contributed by atoms with Crippen LogP contribution in [-0.4, -0.2) is 0 Å². The molecular formula is C24H32S2. The molecule has 140 valence electrons. The summed E-state index contributed by atoms with van der Waals surface area (Å²) in [7, 11) is 0. The van der Waals surface area contributed by atoms with Gasteiger partial charge in [-0.2, -0.15) is 0 Å². The van der Waals surface area contributed by atoms with Crippen molar-refractivity contribution in [2.45, 2.75) is 74.5 Å². The number of thioether (sulfide) groups is 2. The lowest BCUT2D eigenvalue weighted by atomic mass is 10.1. The van der Waals surface area contributed by atoms with Gasteiger partial charge in [-0.3, -0.25) is 0 Å². The molecule has 0 aliphatic heterocycles. The van der Waals surface area contributed by atoms with Gasteiger partial charge >= 0.3 is 0 Å². The van der Waals surface area contributed by atoms with Crippen LogP contribution in [0.5, 0.6) is 0 Å². The Kier molecular flexibility index (Phi) is 11.4. The van der Waals surface area contributed by atoms with Gasteiger partial charge in [-0.25, -0.2) is 0 Å². The maximum Gasteiger partial charge on any atom is 0.0458 e. The van der Waals surface area contributed by atoms with E-state index in [-0.39, 0.29) is 0 Å². The molecule has 2 heteroatoms. The summed E-state index contributed by atoms with van der Waals surface area (Å²) in [5.74, 6) is 0. The zero-order chi connectivity index (χ0) is 18.3. The summed E-state index contributed by atoms with van der Waals surface area (Å²) in [6, 6.07) is 21.4. The molecule has 2 aromatic rings. The smallest absolute Gasteiger partial charge is 0.0458 e. The van der Waals surface area contributed by atoms with Crippen LogP contribution in [0.3, 0.4) is 0 Å². The van der Waals surface area contributed by atoms with E-state index in [2.05, 4.69) is 73.7 Å². The first-order chi connectivity index (χ1) is 12.9. The van der Waals surface area contributed by atoms with E-state index in [9.17, 15) is 0 Å². The van der Waals surface area contributed by atoms with Crippen LogP contribution in [0.15, 0.2) is 80.8 Å². The van der Waals surface area contributed by atoms with E-state index in [1.165, 1.54) is 71.8 Å². The van der Waals surface area contributed by atoms with Gasteiger partial charge in [0.05, 0.1) is 0 Å². The van der Waals surface area contributed by atoms with Crippen LogP contribution in [0.4, 0.5) is 0 Å². The molecule has 0 N–H and O–H groups in total. The van der Waals surface area contributed by atoms with Gasteiger partial charge in [-0.1, -0.05) is 118 Å². The molecule has 0 aromatic heterocycles. The summed E-state index contributed by atoms with van der Waals surface area (Å²) in [5, 5.41) is 0. The standard InChI is InChI=1S/C24H32S2/c1-2-3-4-5-6-7-8-9-16-21-24(25-22-17-12-10-13-18-22)26-23-19-14-11-15-20-23/h10-15,17-21H,2-9,16H2,1H3. The highest BCUT2D eigenvalue weighted by Gasteiger charge is 2.03. The lowest BCUT2D eigenvalue weighted by Gasteiger charge is -2.08. The van der Waals surface area contributed by atoms with Crippen molar-refractivity contribution in [1.29, 1.82) is 0 Å². The lowest BCUT2D eigenvalue weighted by Crippen LogP contribution is -1.81. The Morgan fingerprint density at radius 2 is 1.12 bits per heavy atom. The molecule has 0 bridgehead atoms. The van der Waals surface area contributed by atoms with Crippen molar-refractivity contribution < 1.29 is 0 Å². The zero-order valence-corrected chi connectivity index (χ0v) is 17.7. The van der Waals surface area contributed by atoms with Gasteiger partial charge in [-0.15, -0.1) is 0 Å². The van der Waals surface area contributed by atoms with E-state index in [0.29, 0.717) is 0 Å². The summed E-state index contributed by atoms with van der Waals surface area (Å²) in [4.78, 5) is 2.64. The van der Waals surface area contributed by atoms with Crippen molar-refractivity contribution in [3.8, 4) is 0 Å². The average molecular weight is 385 g/mol. The third-order valence-corrected chi connectivity index (χ3v) is 6.54. The third kappa shape index (κ3) is 9.54. The first-order valence-electron chi connectivity index (χ1n) is 10.0. The van der Waals surface area contributed by atoms with Crippen molar-refractivity contribution in [3.63, 3.8) is 0 Å². The van der Waals surface area contributed by atoms with Gasteiger partial charge < -0.3 is 0 Å². The molecular weight excluding hydrogens is 352 g/mol. The van der Waals surface area contributed by atoms with Gasteiger partial charge in [-0.05, 0) is 37.1 Å². The average Bonchev–Trinajstić information content (AvgIpc) is 2.68. The minimum absolute atomic E-state index is 1.18. The topological polar surface area (TPSA) is 0 Å². The Morgan fingerprint density at radius 3 is 1.62 bits per heavy atom. The van der Waals surface area contributed by atoms with Gasteiger partial charge in [0.2, 0.25) is 0 Å². The Bertz CT molecular complexity index is 561. The Hall–Kier alpha value is -1.12. The molecule has 0 radical (unpaired) electrons. The van der Waals surface area contributed by atoms with Crippen LogP contribution in [0.2, 0.25) is 0 Å². The molecule has 0 spiro atoms. The predicted molar refractivity (Wildman–Crippen MR) is 120 cm³/mol. The molecule has 0 unspecified atom stereocenters. The predicted octanol–water partition coefficient (Wildman–Crippen LogP) is 8.94. The summed E-state index contributed by atoms with van der Waals surface area (Å²) >= 11 is 3.77. The minimum Gasteiger partial charge on any atom is -0.0831 e. The second kappa shape index (κ2) is 14.0. The van der Waals surface area contributed by atoms with Crippen molar-refractivity contribution in [3.05, 3.63) is 71.0 Å². The first kappa shape index (κ1) is 21.2. The third-order valence-electron chi connectivity index (χ3n) is 4.29. The second-order valence-corrected chi connectivity index (χ2v) is 9.11. The van der Waals surface area contributed by atoms with E-state index in [0.717, 1.165) is 0 Å². The first-order valence-corrected chi connectivity index (χ1v) is 11.7. The summed E-state index contributed by atoms with van der Waals surface area (Å²) in [5.41, 5.74) is 0. The van der Waals surface area contributed by atoms with Crippen LogP contribution in [0.25, 0.3) is 0 Å². The van der Waals surface area contributed by atoms with Crippen LogP contribution in [0, 0.1) is 0 Å². The number of allylic oxidation sites excluding steroid dienone is 1. The minimum atomic E-state index is 1.18. The quantitative estimate of drug-likeness (QED) is 0.250. The van der Waals surface area contributed by atoms with E-state index in [1.54, 1.807) is 0 Å². The normalized spacial score (nSPS) is 10.7. The number of unbranched alkanes of at least 4 members (excludes halogenated alkanes) is 8. The van der Waals surface area contributed by atoms with Crippen LogP contribution < -0.4 is 0 Å². The Morgan fingerprint density at radius 1 is 0.654 bits per heavy atom. The molecule has 2 aromatic carbocycles. The number of rotatable bonds is 13. The largest absolute Gasteiger partial charge is 0.0831 e. The maximum absolute atomic E-state index is 2.44. The van der Waals surface area contributed by atoms with Crippen LogP contribution in [0.1, 0.15) is 64.7 Å². The molecule has 0 amide bonds. The van der Waals surface area contributed by atoms with E-state index in [1.807, 2.05) is 23.5 Å². The molecule has 0 fully saturated rings. The van der Waals surface area contributed by atoms with E-state index < -0.39 is 0 Å². The monoisotopic (exact) mass is 384 g/mol. The molecule has 0 aliphatic carbocycles. The fourth-order valence-electron chi connectivity index (χ4n) is 2.81. The Labute approximate surface area is 168 Å². The highest BCUT2D eigenvalue weighted by Crippen LogP contribution is 2.39. The van der Waals surface area contributed by atoms with E-state index in [4.69, 9.17) is 0 Å². The summed E-state index contributed by atoms with van der Waals surface area (Å²) in [6.45, 7) is 2.28. The molecule has 0 heterocycles. The summed E-state index contributed by atoms with van der Waals surface area (Å²) < 4.78 is 1.39. The van der Waals surface area contributed by atoms with Crippen LogP contribution in [-0.2, 0) is 0 Å². The fraction of sp³-hybridized carbons (Fsp3) is 0.417. The van der Waals surface area contributed by atoms with Crippen LogP contribution >= 0.6 is 23.5 Å². The highest BCUT2D eigenvalue weighted by atomic mass is 32.2. The molecule has 0 aliphatic rings. The fourth-order valence-corrected chi connectivity index (χ4v) is 5.01. The number of hydrogen-bond donors (Lipinski definition) is 0. The summed E-state index contributed by atoms with van der Waals surface area (Å²) in [6.07, 6.45) is 14.7.